The molecule has 0 bridgehead atoms. The average molecular weight is 303 g/mol. The Labute approximate surface area is 104 Å². The molecule has 0 aliphatic rings. The summed E-state index contributed by atoms with van der Waals surface area (Å²) in [4.78, 5) is -0.807. The van der Waals surface area contributed by atoms with E-state index >= 15 is 0 Å². The number of hydrogen-bond donors (Lipinski definition) is 0. The fourth-order valence-corrected chi connectivity index (χ4v) is 4.08. The lowest BCUT2D eigenvalue weighted by atomic mass is 10.4. The molecule has 0 N–H and O–H groups in total. The molecule has 0 fully saturated rings. The molecule has 0 unspecified atom stereocenters. The fourth-order valence-electron chi connectivity index (χ4n) is 1.08. The summed E-state index contributed by atoms with van der Waals surface area (Å²) in [7, 11) is -2.64. The topological polar surface area (TPSA) is 68.3 Å². The Morgan fingerprint density at radius 3 is 2.12 bits per heavy atom. The van der Waals surface area contributed by atoms with Crippen LogP contribution in [0.15, 0.2) is 28.0 Å². The summed E-state index contributed by atoms with van der Waals surface area (Å²) in [5.74, 6) is -0.214. The van der Waals surface area contributed by atoms with Gasteiger partial charge in [0.25, 0.3) is 9.05 Å². The van der Waals surface area contributed by atoms with Gasteiger partial charge in [-0.2, -0.15) is 0 Å². The predicted octanol–water partition coefficient (Wildman–Crippen LogP) is 2.06. The van der Waals surface area contributed by atoms with Crippen molar-refractivity contribution >= 4 is 41.2 Å². The zero-order valence-corrected chi connectivity index (χ0v) is 11.3. The largest absolute Gasteiger partial charge is 0.262 e. The maximum absolute atomic E-state index is 11.6. The summed E-state index contributed by atoms with van der Waals surface area (Å²) in [5, 5.41) is 0.106. The highest BCUT2D eigenvalue weighted by atomic mass is 35.7. The van der Waals surface area contributed by atoms with Crippen molar-refractivity contribution in [2.24, 2.45) is 0 Å². The molecule has 90 valence electrons. The quantitative estimate of drug-likeness (QED) is 0.802. The van der Waals surface area contributed by atoms with Crippen LogP contribution in [0.4, 0.5) is 0 Å². The van der Waals surface area contributed by atoms with Crippen molar-refractivity contribution in [3.8, 4) is 0 Å². The summed E-state index contributed by atoms with van der Waals surface area (Å²) in [6.07, 6.45) is 0. The maximum atomic E-state index is 11.6. The number of benzene rings is 1. The smallest absolute Gasteiger partial charge is 0.224 e. The highest BCUT2D eigenvalue weighted by Gasteiger charge is 2.24. The van der Waals surface area contributed by atoms with E-state index in [4.69, 9.17) is 22.3 Å². The summed E-state index contributed by atoms with van der Waals surface area (Å²) in [5.41, 5.74) is 0. The van der Waals surface area contributed by atoms with Crippen LogP contribution in [0.2, 0.25) is 5.02 Å². The van der Waals surface area contributed by atoms with Gasteiger partial charge in [-0.15, -0.1) is 0 Å². The number of rotatable bonds is 3. The van der Waals surface area contributed by atoms with Crippen LogP contribution < -0.4 is 0 Å². The predicted molar refractivity (Wildman–Crippen MR) is 62.2 cm³/mol. The molecule has 0 spiro atoms. The van der Waals surface area contributed by atoms with Gasteiger partial charge in [0, 0.05) is 15.7 Å². The highest BCUT2D eigenvalue weighted by molar-refractivity contribution is 8.14. The van der Waals surface area contributed by atoms with E-state index in [0.29, 0.717) is 0 Å². The first-order valence-corrected chi connectivity index (χ1v) is 8.49. The molecule has 8 heteroatoms. The summed E-state index contributed by atoms with van der Waals surface area (Å²) >= 11 is 5.60. The normalized spacial score (nSPS) is 12.7. The van der Waals surface area contributed by atoms with E-state index in [1.165, 1.54) is 13.0 Å². The molecule has 1 aromatic rings. The van der Waals surface area contributed by atoms with Gasteiger partial charge < -0.3 is 0 Å². The van der Waals surface area contributed by atoms with Gasteiger partial charge in [-0.25, -0.2) is 16.8 Å². The number of hydrogen-bond acceptors (Lipinski definition) is 4. The van der Waals surface area contributed by atoms with Crippen LogP contribution in [-0.2, 0) is 18.9 Å². The van der Waals surface area contributed by atoms with E-state index in [2.05, 4.69) is 0 Å². The highest BCUT2D eigenvalue weighted by Crippen LogP contribution is 2.28. The van der Waals surface area contributed by atoms with Crippen molar-refractivity contribution in [3.05, 3.63) is 23.2 Å². The lowest BCUT2D eigenvalue weighted by molar-refractivity contribution is 0.589. The Morgan fingerprint density at radius 1 is 1.12 bits per heavy atom. The van der Waals surface area contributed by atoms with Gasteiger partial charge in [0.05, 0.1) is 10.6 Å². The second-order valence-electron chi connectivity index (χ2n) is 2.93. The van der Waals surface area contributed by atoms with Gasteiger partial charge >= 0.3 is 0 Å². The van der Waals surface area contributed by atoms with Crippen LogP contribution in [0.5, 0.6) is 0 Å². The first-order valence-electron chi connectivity index (χ1n) is 4.15. The molecular weight excluding hydrogens is 295 g/mol. The minimum Gasteiger partial charge on any atom is -0.224 e. The van der Waals surface area contributed by atoms with Gasteiger partial charge in [-0.1, -0.05) is 18.5 Å². The van der Waals surface area contributed by atoms with Crippen LogP contribution in [0.3, 0.4) is 0 Å². The molecule has 0 aliphatic heterocycles. The van der Waals surface area contributed by atoms with Crippen LogP contribution in [0.1, 0.15) is 6.92 Å². The van der Waals surface area contributed by atoms with Crippen LogP contribution >= 0.6 is 22.3 Å². The third-order valence-electron chi connectivity index (χ3n) is 1.88. The Balaban J connectivity index is 3.67. The molecule has 0 aliphatic carbocycles. The molecule has 0 aromatic heterocycles. The standard InChI is InChI=1S/C8H8Cl2O4S2/c1-2-15(11,12)7-4-3-6(9)5-8(7)16(10,13)14/h3-5H,2H2,1H3. The monoisotopic (exact) mass is 302 g/mol. The molecule has 16 heavy (non-hydrogen) atoms. The van der Waals surface area contributed by atoms with Crippen molar-refractivity contribution < 1.29 is 16.8 Å². The van der Waals surface area contributed by atoms with Crippen LogP contribution in [0.25, 0.3) is 0 Å². The van der Waals surface area contributed by atoms with Crippen molar-refractivity contribution in [2.45, 2.75) is 16.7 Å². The first kappa shape index (κ1) is 13.8. The van der Waals surface area contributed by atoms with Crippen molar-refractivity contribution in [2.75, 3.05) is 5.75 Å². The van der Waals surface area contributed by atoms with Crippen molar-refractivity contribution in [1.29, 1.82) is 0 Å². The molecule has 1 aromatic carbocycles. The molecule has 0 amide bonds. The van der Waals surface area contributed by atoms with Crippen LogP contribution in [0, 0.1) is 0 Å². The minimum atomic E-state index is -4.14. The second kappa shape index (κ2) is 4.52. The van der Waals surface area contributed by atoms with Gasteiger partial charge in [-0.05, 0) is 18.2 Å². The second-order valence-corrected chi connectivity index (χ2v) is 8.15. The molecule has 0 saturated heterocycles. The van der Waals surface area contributed by atoms with E-state index in [1.54, 1.807) is 0 Å². The average Bonchev–Trinajstić information content (AvgIpc) is 2.16. The summed E-state index contributed by atoms with van der Waals surface area (Å²) in [6.45, 7) is 1.41. The molecule has 0 heterocycles. The van der Waals surface area contributed by atoms with E-state index in [0.717, 1.165) is 12.1 Å². The third kappa shape index (κ3) is 2.88. The third-order valence-corrected chi connectivity index (χ3v) is 5.40. The Morgan fingerprint density at radius 2 is 1.69 bits per heavy atom. The minimum absolute atomic E-state index is 0.106. The zero-order valence-electron chi connectivity index (χ0n) is 8.14. The van der Waals surface area contributed by atoms with Gasteiger partial charge in [0.15, 0.2) is 9.84 Å². The first-order chi connectivity index (χ1) is 7.18. The van der Waals surface area contributed by atoms with Crippen molar-refractivity contribution in [3.63, 3.8) is 0 Å². The fraction of sp³-hybridized carbons (Fsp3) is 0.250. The summed E-state index contributed by atoms with van der Waals surface area (Å²) < 4.78 is 45.6. The Bertz CT molecular complexity index is 605. The maximum Gasteiger partial charge on any atom is 0.262 e. The SMILES string of the molecule is CCS(=O)(=O)c1ccc(Cl)cc1S(=O)(=O)Cl. The van der Waals surface area contributed by atoms with E-state index < -0.39 is 23.8 Å². The molecular formula is C8H8Cl2O4S2. The molecule has 0 atom stereocenters. The Hall–Kier alpha value is -0.300. The van der Waals surface area contributed by atoms with E-state index in [1.807, 2.05) is 0 Å². The number of sulfone groups is 1. The molecule has 0 saturated carbocycles. The van der Waals surface area contributed by atoms with Crippen LogP contribution in [-0.4, -0.2) is 22.6 Å². The molecule has 1 rings (SSSR count). The zero-order chi connectivity index (χ0) is 12.6. The number of halogens is 2. The van der Waals surface area contributed by atoms with Gasteiger partial charge in [0.2, 0.25) is 0 Å². The van der Waals surface area contributed by atoms with Gasteiger partial charge in [-0.3, -0.25) is 0 Å². The van der Waals surface area contributed by atoms with E-state index in [-0.39, 0.29) is 15.7 Å². The van der Waals surface area contributed by atoms with Gasteiger partial charge in [0.1, 0.15) is 4.90 Å². The Kier molecular flexibility index (Phi) is 3.89. The summed E-state index contributed by atoms with van der Waals surface area (Å²) in [6, 6.07) is 3.46. The molecule has 4 nitrogen and oxygen atoms in total. The lowest BCUT2D eigenvalue weighted by Crippen LogP contribution is -2.08. The lowest BCUT2D eigenvalue weighted by Gasteiger charge is -2.06. The molecule has 0 radical (unpaired) electrons. The van der Waals surface area contributed by atoms with E-state index in [9.17, 15) is 16.8 Å². The van der Waals surface area contributed by atoms with Crippen molar-refractivity contribution in [1.82, 2.24) is 0 Å².